The van der Waals surface area contributed by atoms with Crippen molar-refractivity contribution < 1.29 is 19.1 Å². The number of aliphatic hydroxyl groups is 1. The van der Waals surface area contributed by atoms with E-state index in [1.54, 1.807) is 36.4 Å². The molecule has 0 aliphatic carbocycles. The number of rotatable bonds is 8. The number of nitriles is 1. The van der Waals surface area contributed by atoms with Crippen LogP contribution in [0.25, 0.3) is 0 Å². The molecule has 1 unspecified atom stereocenters. The first-order chi connectivity index (χ1) is 11.6. The first kappa shape index (κ1) is 17.6. The zero-order chi connectivity index (χ0) is 17.4. The molecule has 0 spiro atoms. The van der Waals surface area contributed by atoms with Gasteiger partial charge in [0.15, 0.2) is 5.76 Å². The zero-order valence-corrected chi connectivity index (χ0v) is 13.5. The van der Waals surface area contributed by atoms with Gasteiger partial charge in [-0.2, -0.15) is 5.26 Å². The van der Waals surface area contributed by atoms with Crippen LogP contribution in [0.3, 0.4) is 0 Å². The van der Waals surface area contributed by atoms with Gasteiger partial charge in [-0.1, -0.05) is 19.1 Å². The van der Waals surface area contributed by atoms with Crippen LogP contribution in [0.2, 0.25) is 0 Å². The zero-order valence-electron chi connectivity index (χ0n) is 13.5. The van der Waals surface area contributed by atoms with Gasteiger partial charge in [-0.3, -0.25) is 4.79 Å². The van der Waals surface area contributed by atoms with Crippen LogP contribution in [0.4, 0.5) is 0 Å². The number of hydrogen-bond donors (Lipinski definition) is 2. The second-order valence-corrected chi connectivity index (χ2v) is 5.49. The third kappa shape index (κ3) is 4.86. The van der Waals surface area contributed by atoms with Crippen LogP contribution in [-0.4, -0.2) is 24.2 Å². The normalized spacial score (nSPS) is 11.5. The minimum absolute atomic E-state index is 0.101. The van der Waals surface area contributed by atoms with E-state index < -0.39 is 0 Å². The third-order valence-corrected chi connectivity index (χ3v) is 3.50. The molecule has 1 aromatic carbocycles. The summed E-state index contributed by atoms with van der Waals surface area (Å²) < 4.78 is 11.0. The van der Waals surface area contributed by atoms with Gasteiger partial charge < -0.3 is 19.6 Å². The van der Waals surface area contributed by atoms with Crippen molar-refractivity contribution in [1.29, 1.82) is 5.26 Å². The summed E-state index contributed by atoms with van der Waals surface area (Å²) in [6, 6.07) is 12.2. The number of amides is 1. The number of hydrogen-bond acceptors (Lipinski definition) is 5. The molecule has 1 amide bonds. The third-order valence-electron chi connectivity index (χ3n) is 3.50. The Morgan fingerprint density at radius 2 is 2.17 bits per heavy atom. The molecule has 2 N–H and O–H groups in total. The van der Waals surface area contributed by atoms with Crippen molar-refractivity contribution >= 4 is 5.91 Å². The van der Waals surface area contributed by atoms with Crippen molar-refractivity contribution in [2.75, 3.05) is 13.2 Å². The Kier molecular flexibility index (Phi) is 6.41. The molecule has 1 aromatic heterocycles. The second-order valence-electron chi connectivity index (χ2n) is 5.49. The van der Waals surface area contributed by atoms with Crippen molar-refractivity contribution in [2.24, 2.45) is 5.92 Å². The lowest BCUT2D eigenvalue weighted by Gasteiger charge is -2.10. The molecule has 0 radical (unpaired) electrons. The molecule has 2 aromatic rings. The molecule has 0 saturated heterocycles. The average molecular weight is 328 g/mol. The Balaban J connectivity index is 1.89. The van der Waals surface area contributed by atoms with Gasteiger partial charge in [-0.05, 0) is 36.6 Å². The van der Waals surface area contributed by atoms with Gasteiger partial charge in [0.2, 0.25) is 0 Å². The van der Waals surface area contributed by atoms with Crippen molar-refractivity contribution in [2.45, 2.75) is 20.0 Å². The average Bonchev–Trinajstić information content (AvgIpc) is 3.07. The number of ether oxygens (including phenoxy) is 1. The Hall–Kier alpha value is -2.78. The molecule has 6 heteroatoms. The van der Waals surface area contributed by atoms with E-state index in [0.717, 1.165) is 0 Å². The molecule has 0 fully saturated rings. The summed E-state index contributed by atoms with van der Waals surface area (Å²) in [6.45, 7) is 2.66. The molecule has 1 atom stereocenters. The molecule has 6 nitrogen and oxygen atoms in total. The van der Waals surface area contributed by atoms with Gasteiger partial charge >= 0.3 is 0 Å². The lowest BCUT2D eigenvalue weighted by Crippen LogP contribution is -2.28. The number of nitrogens with one attached hydrogen (secondary N) is 1. The van der Waals surface area contributed by atoms with Crippen molar-refractivity contribution in [3.8, 4) is 11.8 Å². The van der Waals surface area contributed by atoms with Crippen LogP contribution >= 0.6 is 0 Å². The number of furan rings is 1. The van der Waals surface area contributed by atoms with Crippen LogP contribution in [-0.2, 0) is 6.61 Å². The van der Waals surface area contributed by atoms with E-state index in [4.69, 9.17) is 19.5 Å². The van der Waals surface area contributed by atoms with E-state index >= 15 is 0 Å². The van der Waals surface area contributed by atoms with Crippen LogP contribution in [0.5, 0.6) is 5.75 Å². The molecule has 126 valence electrons. The van der Waals surface area contributed by atoms with Crippen LogP contribution in [0, 0.1) is 17.2 Å². The minimum Gasteiger partial charge on any atom is -0.484 e. The summed E-state index contributed by atoms with van der Waals surface area (Å²) in [6.07, 6.45) is 0.635. The molecule has 24 heavy (non-hydrogen) atoms. The Bertz CT molecular complexity index is 718. The van der Waals surface area contributed by atoms with E-state index in [1.807, 2.05) is 6.92 Å². The number of para-hydroxylation sites is 1. The van der Waals surface area contributed by atoms with Gasteiger partial charge in [0, 0.05) is 13.2 Å². The molecule has 1 heterocycles. The van der Waals surface area contributed by atoms with Crippen LogP contribution in [0.1, 0.15) is 35.2 Å². The fraction of sp³-hybridized carbons (Fsp3) is 0.333. The first-order valence-corrected chi connectivity index (χ1v) is 7.73. The van der Waals surface area contributed by atoms with E-state index in [0.29, 0.717) is 30.0 Å². The highest BCUT2D eigenvalue weighted by molar-refractivity contribution is 5.91. The predicted molar refractivity (Wildman–Crippen MR) is 87.4 cm³/mol. The van der Waals surface area contributed by atoms with E-state index in [-0.39, 0.29) is 30.8 Å². The summed E-state index contributed by atoms with van der Waals surface area (Å²) >= 11 is 0. The number of aliphatic hydroxyl groups excluding tert-OH is 1. The Morgan fingerprint density at radius 1 is 1.38 bits per heavy atom. The number of nitrogens with zero attached hydrogens (tertiary/aromatic N) is 1. The fourth-order valence-corrected chi connectivity index (χ4v) is 2.09. The SMILES string of the molecule is CC(CCO)CNC(=O)c1ccc(COc2ccccc2C#N)o1. The Labute approximate surface area is 140 Å². The highest BCUT2D eigenvalue weighted by Gasteiger charge is 2.13. The van der Waals surface area contributed by atoms with E-state index in [2.05, 4.69) is 11.4 Å². The summed E-state index contributed by atoms with van der Waals surface area (Å²) in [5.41, 5.74) is 0.444. The summed E-state index contributed by atoms with van der Waals surface area (Å²) in [5, 5.41) is 20.6. The van der Waals surface area contributed by atoms with E-state index in [1.165, 1.54) is 0 Å². The maximum atomic E-state index is 12.0. The minimum atomic E-state index is -0.302. The number of carbonyl (C=O) groups is 1. The molecule has 0 bridgehead atoms. The largest absolute Gasteiger partial charge is 0.484 e. The molecule has 0 saturated carbocycles. The predicted octanol–water partition coefficient (Wildman–Crippen LogP) is 2.48. The van der Waals surface area contributed by atoms with Crippen molar-refractivity contribution in [3.05, 3.63) is 53.5 Å². The summed E-state index contributed by atoms with van der Waals surface area (Å²) in [7, 11) is 0. The van der Waals surface area contributed by atoms with Gasteiger partial charge in [0.05, 0.1) is 5.56 Å². The number of benzene rings is 1. The topological polar surface area (TPSA) is 95.5 Å². The molecule has 0 aliphatic heterocycles. The van der Waals surface area contributed by atoms with Gasteiger partial charge in [0.1, 0.15) is 24.2 Å². The maximum Gasteiger partial charge on any atom is 0.287 e. The standard InChI is InChI=1S/C18H20N2O4/c1-13(8-9-21)11-20-18(22)17-7-6-15(24-17)12-23-16-5-3-2-4-14(16)10-19/h2-7,13,21H,8-9,11-12H2,1H3,(H,20,22). The van der Waals surface area contributed by atoms with Gasteiger partial charge in [0.25, 0.3) is 5.91 Å². The fourth-order valence-electron chi connectivity index (χ4n) is 2.09. The Morgan fingerprint density at radius 3 is 2.92 bits per heavy atom. The van der Waals surface area contributed by atoms with Gasteiger partial charge in [-0.25, -0.2) is 0 Å². The molecular formula is C18H20N2O4. The highest BCUT2D eigenvalue weighted by atomic mass is 16.5. The maximum absolute atomic E-state index is 12.0. The van der Waals surface area contributed by atoms with Gasteiger partial charge in [-0.15, -0.1) is 0 Å². The molecular weight excluding hydrogens is 308 g/mol. The summed E-state index contributed by atoms with van der Waals surface area (Å²) in [4.78, 5) is 12.0. The smallest absolute Gasteiger partial charge is 0.287 e. The van der Waals surface area contributed by atoms with Crippen molar-refractivity contribution in [1.82, 2.24) is 5.32 Å². The quantitative estimate of drug-likeness (QED) is 0.776. The number of carbonyl (C=O) groups excluding carboxylic acids is 1. The van der Waals surface area contributed by atoms with E-state index in [9.17, 15) is 4.79 Å². The highest BCUT2D eigenvalue weighted by Crippen LogP contribution is 2.19. The van der Waals surface area contributed by atoms with Crippen molar-refractivity contribution in [3.63, 3.8) is 0 Å². The van der Waals surface area contributed by atoms with Crippen LogP contribution in [0.15, 0.2) is 40.8 Å². The lowest BCUT2D eigenvalue weighted by atomic mass is 10.1. The first-order valence-electron chi connectivity index (χ1n) is 7.73. The summed E-state index contributed by atoms with van der Waals surface area (Å²) in [5.74, 6) is 1.07. The monoisotopic (exact) mass is 328 g/mol. The lowest BCUT2D eigenvalue weighted by molar-refractivity contribution is 0.0913. The second kappa shape index (κ2) is 8.75. The van der Waals surface area contributed by atoms with Crippen LogP contribution < -0.4 is 10.1 Å². The molecule has 2 rings (SSSR count). The molecule has 0 aliphatic rings.